The van der Waals surface area contributed by atoms with Crippen LogP contribution in [0.1, 0.15) is 23.1 Å². The Hall–Kier alpha value is -3.28. The first-order valence-corrected chi connectivity index (χ1v) is 9.41. The van der Waals surface area contributed by atoms with Gasteiger partial charge < -0.3 is 19.7 Å². The SMILES string of the molecule is COc1cc(C)c(CN(C)C(=O)CCNC(=O)/C=C/c2ccccc2)cc1OC. The molecule has 0 unspecified atom stereocenters. The van der Waals surface area contributed by atoms with E-state index >= 15 is 0 Å². The summed E-state index contributed by atoms with van der Waals surface area (Å²) in [5.41, 5.74) is 2.94. The molecule has 2 aromatic carbocycles. The lowest BCUT2D eigenvalue weighted by molar-refractivity contribution is -0.130. The van der Waals surface area contributed by atoms with Gasteiger partial charge in [-0.25, -0.2) is 0 Å². The third-order valence-electron chi connectivity index (χ3n) is 4.54. The highest BCUT2D eigenvalue weighted by atomic mass is 16.5. The normalized spacial score (nSPS) is 10.6. The minimum atomic E-state index is -0.222. The fraction of sp³-hybridized carbons (Fsp3) is 0.304. The molecule has 6 heteroatoms. The minimum Gasteiger partial charge on any atom is -0.493 e. The van der Waals surface area contributed by atoms with Crippen molar-refractivity contribution in [2.45, 2.75) is 19.9 Å². The predicted molar refractivity (Wildman–Crippen MR) is 114 cm³/mol. The van der Waals surface area contributed by atoms with E-state index in [1.54, 1.807) is 32.2 Å². The third kappa shape index (κ3) is 6.68. The second-order valence-electron chi connectivity index (χ2n) is 6.67. The maximum atomic E-state index is 12.4. The highest BCUT2D eigenvalue weighted by Gasteiger charge is 2.14. The van der Waals surface area contributed by atoms with Gasteiger partial charge in [0.25, 0.3) is 0 Å². The van der Waals surface area contributed by atoms with Gasteiger partial charge in [-0.1, -0.05) is 30.3 Å². The lowest BCUT2D eigenvalue weighted by atomic mass is 10.1. The Balaban J connectivity index is 1.83. The number of carbonyl (C=O) groups excluding carboxylic acids is 2. The van der Waals surface area contributed by atoms with Crippen LogP contribution in [0, 0.1) is 6.92 Å². The van der Waals surface area contributed by atoms with E-state index in [0.717, 1.165) is 16.7 Å². The van der Waals surface area contributed by atoms with Crippen molar-refractivity contribution in [2.75, 3.05) is 27.8 Å². The molecule has 0 aliphatic carbocycles. The van der Waals surface area contributed by atoms with Crippen molar-refractivity contribution in [3.8, 4) is 11.5 Å². The van der Waals surface area contributed by atoms with Crippen LogP contribution in [0.2, 0.25) is 0 Å². The number of ether oxygens (including phenoxy) is 2. The Labute approximate surface area is 172 Å². The molecule has 0 saturated carbocycles. The van der Waals surface area contributed by atoms with E-state index in [0.29, 0.717) is 18.0 Å². The smallest absolute Gasteiger partial charge is 0.244 e. The van der Waals surface area contributed by atoms with Gasteiger partial charge in [0, 0.05) is 32.6 Å². The Morgan fingerprint density at radius 1 is 1.07 bits per heavy atom. The fourth-order valence-electron chi connectivity index (χ4n) is 2.82. The van der Waals surface area contributed by atoms with Crippen molar-refractivity contribution in [3.05, 3.63) is 65.2 Å². The number of carbonyl (C=O) groups is 2. The summed E-state index contributed by atoms with van der Waals surface area (Å²) in [5, 5.41) is 2.74. The van der Waals surface area contributed by atoms with Gasteiger partial charge in [-0.15, -0.1) is 0 Å². The van der Waals surface area contributed by atoms with Gasteiger partial charge >= 0.3 is 0 Å². The Morgan fingerprint density at radius 2 is 1.72 bits per heavy atom. The van der Waals surface area contributed by atoms with E-state index in [-0.39, 0.29) is 24.8 Å². The van der Waals surface area contributed by atoms with Gasteiger partial charge in [-0.3, -0.25) is 9.59 Å². The number of methoxy groups -OCH3 is 2. The van der Waals surface area contributed by atoms with Gasteiger partial charge in [0.1, 0.15) is 0 Å². The van der Waals surface area contributed by atoms with Crippen LogP contribution >= 0.6 is 0 Å². The molecule has 2 aromatic rings. The quantitative estimate of drug-likeness (QED) is 0.661. The average molecular weight is 396 g/mol. The van der Waals surface area contributed by atoms with E-state index in [1.807, 2.05) is 49.4 Å². The molecule has 0 atom stereocenters. The zero-order valence-electron chi connectivity index (χ0n) is 17.4. The number of benzene rings is 2. The molecule has 0 saturated heterocycles. The van der Waals surface area contributed by atoms with Crippen molar-refractivity contribution >= 4 is 17.9 Å². The van der Waals surface area contributed by atoms with Crippen LogP contribution in [0.5, 0.6) is 11.5 Å². The molecule has 0 aliphatic heterocycles. The summed E-state index contributed by atoms with van der Waals surface area (Å²) >= 11 is 0. The molecular weight excluding hydrogens is 368 g/mol. The fourth-order valence-corrected chi connectivity index (χ4v) is 2.82. The maximum absolute atomic E-state index is 12.4. The lowest BCUT2D eigenvalue weighted by Crippen LogP contribution is -2.31. The van der Waals surface area contributed by atoms with E-state index in [2.05, 4.69) is 5.32 Å². The van der Waals surface area contributed by atoms with E-state index in [4.69, 9.17) is 9.47 Å². The molecule has 1 N–H and O–H groups in total. The largest absolute Gasteiger partial charge is 0.493 e. The van der Waals surface area contributed by atoms with E-state index in [1.165, 1.54) is 6.08 Å². The average Bonchev–Trinajstić information content (AvgIpc) is 2.73. The maximum Gasteiger partial charge on any atom is 0.244 e. The summed E-state index contributed by atoms with van der Waals surface area (Å²) in [5.74, 6) is 1.02. The number of nitrogens with one attached hydrogen (secondary N) is 1. The Morgan fingerprint density at radius 3 is 2.38 bits per heavy atom. The lowest BCUT2D eigenvalue weighted by Gasteiger charge is -2.20. The molecule has 0 fully saturated rings. The minimum absolute atomic E-state index is 0.0495. The number of nitrogens with zero attached hydrogens (tertiary/aromatic N) is 1. The van der Waals surface area contributed by atoms with Crippen LogP contribution < -0.4 is 14.8 Å². The van der Waals surface area contributed by atoms with Crippen molar-refractivity contribution < 1.29 is 19.1 Å². The van der Waals surface area contributed by atoms with Gasteiger partial charge in [0.2, 0.25) is 11.8 Å². The zero-order chi connectivity index (χ0) is 21.2. The predicted octanol–water partition coefficient (Wildman–Crippen LogP) is 3.19. The summed E-state index contributed by atoms with van der Waals surface area (Å²) < 4.78 is 10.6. The highest BCUT2D eigenvalue weighted by molar-refractivity contribution is 5.92. The Kier molecular flexibility index (Phi) is 8.27. The molecule has 0 heterocycles. The first-order chi connectivity index (χ1) is 13.9. The van der Waals surface area contributed by atoms with Crippen molar-refractivity contribution in [1.29, 1.82) is 0 Å². The molecule has 0 aromatic heterocycles. The number of rotatable bonds is 9. The van der Waals surface area contributed by atoms with Gasteiger partial charge in [0.15, 0.2) is 11.5 Å². The third-order valence-corrected chi connectivity index (χ3v) is 4.54. The summed E-state index contributed by atoms with van der Waals surface area (Å²) in [6.45, 7) is 2.70. The van der Waals surface area contributed by atoms with E-state index < -0.39 is 0 Å². The summed E-state index contributed by atoms with van der Waals surface area (Å²) in [7, 11) is 4.92. The van der Waals surface area contributed by atoms with Crippen LogP contribution in [0.3, 0.4) is 0 Å². The van der Waals surface area contributed by atoms with Crippen LogP contribution in [-0.4, -0.2) is 44.5 Å². The molecule has 2 rings (SSSR count). The summed E-state index contributed by atoms with van der Waals surface area (Å²) in [6, 6.07) is 13.3. The second-order valence-corrected chi connectivity index (χ2v) is 6.67. The van der Waals surface area contributed by atoms with Crippen molar-refractivity contribution in [2.24, 2.45) is 0 Å². The molecule has 0 spiro atoms. The first-order valence-electron chi connectivity index (χ1n) is 9.41. The van der Waals surface area contributed by atoms with Crippen LogP contribution in [0.4, 0.5) is 0 Å². The zero-order valence-corrected chi connectivity index (χ0v) is 17.4. The monoisotopic (exact) mass is 396 g/mol. The van der Waals surface area contributed by atoms with Gasteiger partial charge in [-0.2, -0.15) is 0 Å². The first kappa shape index (κ1) is 22.0. The number of aryl methyl sites for hydroxylation is 1. The second kappa shape index (κ2) is 10.9. The molecule has 0 radical (unpaired) electrons. The Bertz CT molecular complexity index is 863. The van der Waals surface area contributed by atoms with Gasteiger partial charge in [-0.05, 0) is 41.8 Å². The van der Waals surface area contributed by atoms with Gasteiger partial charge in [0.05, 0.1) is 14.2 Å². The molecular formula is C23H28N2O4. The molecule has 0 bridgehead atoms. The standard InChI is InChI=1S/C23H28N2O4/c1-17-14-20(28-3)21(29-4)15-19(17)16-25(2)23(27)12-13-24-22(26)11-10-18-8-6-5-7-9-18/h5-11,14-15H,12-13,16H2,1-4H3,(H,24,26)/b11-10+. The number of amides is 2. The van der Waals surface area contributed by atoms with Crippen LogP contribution in [0.15, 0.2) is 48.5 Å². The topological polar surface area (TPSA) is 67.9 Å². The van der Waals surface area contributed by atoms with Crippen molar-refractivity contribution in [3.63, 3.8) is 0 Å². The summed E-state index contributed by atoms with van der Waals surface area (Å²) in [4.78, 5) is 25.9. The molecule has 2 amide bonds. The molecule has 0 aliphatic rings. The number of hydrogen-bond acceptors (Lipinski definition) is 4. The molecule has 29 heavy (non-hydrogen) atoms. The van der Waals surface area contributed by atoms with E-state index in [9.17, 15) is 9.59 Å². The highest BCUT2D eigenvalue weighted by Crippen LogP contribution is 2.30. The number of hydrogen-bond donors (Lipinski definition) is 1. The summed E-state index contributed by atoms with van der Waals surface area (Å²) in [6.07, 6.45) is 3.44. The van der Waals surface area contributed by atoms with Crippen molar-refractivity contribution in [1.82, 2.24) is 10.2 Å². The molecule has 6 nitrogen and oxygen atoms in total. The van der Waals surface area contributed by atoms with Crippen LogP contribution in [0.25, 0.3) is 6.08 Å². The molecule has 154 valence electrons. The van der Waals surface area contributed by atoms with Crippen LogP contribution in [-0.2, 0) is 16.1 Å².